The summed E-state index contributed by atoms with van der Waals surface area (Å²) in [6.07, 6.45) is 6.40. The van der Waals surface area contributed by atoms with Gasteiger partial charge in [0.15, 0.2) is 0 Å². The Morgan fingerprint density at radius 1 is 1.23 bits per heavy atom. The first-order valence-corrected chi connectivity index (χ1v) is 11.1. The molecule has 1 N–H and O–H groups in total. The summed E-state index contributed by atoms with van der Waals surface area (Å²) in [6.45, 7) is 0.839. The lowest BCUT2D eigenvalue weighted by Gasteiger charge is -2.35. The van der Waals surface area contributed by atoms with E-state index in [0.29, 0.717) is 25.9 Å². The molecule has 2 aliphatic rings. The van der Waals surface area contributed by atoms with Crippen molar-refractivity contribution in [3.63, 3.8) is 0 Å². The maximum absolute atomic E-state index is 12.9. The second-order valence-corrected chi connectivity index (χ2v) is 9.43. The number of nitrogens with one attached hydrogen (secondary N) is 1. The van der Waals surface area contributed by atoms with Gasteiger partial charge in [0.2, 0.25) is 15.9 Å². The van der Waals surface area contributed by atoms with E-state index >= 15 is 0 Å². The molecular weight excluding hydrogens is 352 g/mol. The molecular formula is C19H28N2O4S. The van der Waals surface area contributed by atoms with Crippen molar-refractivity contribution in [2.24, 2.45) is 5.92 Å². The molecule has 0 unspecified atom stereocenters. The summed E-state index contributed by atoms with van der Waals surface area (Å²) in [5.74, 6) is 0.712. The molecule has 26 heavy (non-hydrogen) atoms. The quantitative estimate of drug-likeness (QED) is 0.850. The van der Waals surface area contributed by atoms with Crippen LogP contribution in [0.3, 0.4) is 0 Å². The minimum absolute atomic E-state index is 0.0443. The average molecular weight is 381 g/mol. The van der Waals surface area contributed by atoms with Crippen molar-refractivity contribution in [3.8, 4) is 5.75 Å². The van der Waals surface area contributed by atoms with E-state index in [9.17, 15) is 13.2 Å². The Kier molecular flexibility index (Phi) is 5.58. The first kappa shape index (κ1) is 19.2. The molecule has 0 spiro atoms. The van der Waals surface area contributed by atoms with Crippen molar-refractivity contribution >= 4 is 15.9 Å². The van der Waals surface area contributed by atoms with Crippen LogP contribution in [0.2, 0.25) is 0 Å². The van der Waals surface area contributed by atoms with E-state index in [-0.39, 0.29) is 17.4 Å². The predicted molar refractivity (Wildman–Crippen MR) is 100 cm³/mol. The number of nitrogens with zero attached hydrogens (tertiary/aromatic N) is 1. The zero-order valence-corrected chi connectivity index (χ0v) is 16.3. The summed E-state index contributed by atoms with van der Waals surface area (Å²) in [5.41, 5.74) is 0.760. The van der Waals surface area contributed by atoms with E-state index in [2.05, 4.69) is 11.4 Å². The molecule has 0 radical (unpaired) electrons. The lowest BCUT2D eigenvalue weighted by molar-refractivity contribution is -0.128. The Labute approximate surface area is 156 Å². The van der Waals surface area contributed by atoms with E-state index in [0.717, 1.165) is 37.0 Å². The van der Waals surface area contributed by atoms with Crippen molar-refractivity contribution in [2.75, 3.05) is 26.5 Å². The van der Waals surface area contributed by atoms with Crippen LogP contribution in [0.4, 0.5) is 0 Å². The van der Waals surface area contributed by atoms with Crippen LogP contribution in [-0.2, 0) is 20.4 Å². The average Bonchev–Trinajstić information content (AvgIpc) is 3.11. The predicted octanol–water partition coefficient (Wildman–Crippen LogP) is 2.25. The topological polar surface area (TPSA) is 75.7 Å². The molecule has 1 saturated carbocycles. The number of hydrogen-bond donors (Lipinski definition) is 1. The van der Waals surface area contributed by atoms with Gasteiger partial charge in [0.25, 0.3) is 0 Å². The highest BCUT2D eigenvalue weighted by atomic mass is 32.2. The second kappa shape index (κ2) is 7.56. The second-order valence-electron chi connectivity index (χ2n) is 7.45. The van der Waals surface area contributed by atoms with Crippen LogP contribution in [0.15, 0.2) is 24.3 Å². The van der Waals surface area contributed by atoms with Crippen molar-refractivity contribution < 1.29 is 17.9 Å². The van der Waals surface area contributed by atoms with E-state index in [1.54, 1.807) is 7.11 Å². The third-order valence-electron chi connectivity index (χ3n) is 5.74. The Bertz CT molecular complexity index is 749. The third kappa shape index (κ3) is 4.04. The van der Waals surface area contributed by atoms with Crippen LogP contribution < -0.4 is 10.1 Å². The maximum Gasteiger partial charge on any atom is 0.223 e. The van der Waals surface area contributed by atoms with Crippen molar-refractivity contribution in [1.82, 2.24) is 9.62 Å². The van der Waals surface area contributed by atoms with E-state index in [1.807, 2.05) is 18.2 Å². The fourth-order valence-corrected chi connectivity index (χ4v) is 5.05. The highest BCUT2D eigenvalue weighted by Gasteiger charge is 2.39. The van der Waals surface area contributed by atoms with Crippen molar-refractivity contribution in [1.29, 1.82) is 0 Å². The molecule has 0 atom stereocenters. The van der Waals surface area contributed by atoms with E-state index < -0.39 is 10.0 Å². The largest absolute Gasteiger partial charge is 0.497 e. The first-order chi connectivity index (χ1) is 12.3. The molecule has 1 heterocycles. The SMILES string of the molecule is COc1cccc(C2(NC(=O)C3CCN(S(C)(=O)=O)CC3)CCCC2)c1. The van der Waals surface area contributed by atoms with Crippen LogP contribution in [-0.4, -0.2) is 45.1 Å². The lowest BCUT2D eigenvalue weighted by Crippen LogP contribution is -2.49. The summed E-state index contributed by atoms with van der Waals surface area (Å²) >= 11 is 0. The smallest absolute Gasteiger partial charge is 0.223 e. The summed E-state index contributed by atoms with van der Waals surface area (Å²) in [4.78, 5) is 12.9. The molecule has 1 aromatic rings. The molecule has 1 amide bonds. The Morgan fingerprint density at radius 3 is 2.46 bits per heavy atom. The summed E-state index contributed by atoms with van der Waals surface area (Å²) in [5, 5.41) is 3.32. The van der Waals surface area contributed by atoms with Gasteiger partial charge >= 0.3 is 0 Å². The number of amides is 1. The number of sulfonamides is 1. The highest BCUT2D eigenvalue weighted by Crippen LogP contribution is 2.40. The Balaban J connectivity index is 1.72. The van der Waals surface area contributed by atoms with Gasteiger partial charge in [-0.05, 0) is 43.4 Å². The molecule has 6 nitrogen and oxygen atoms in total. The van der Waals surface area contributed by atoms with Crippen LogP contribution in [0.25, 0.3) is 0 Å². The number of carbonyl (C=O) groups is 1. The van der Waals surface area contributed by atoms with Gasteiger partial charge < -0.3 is 10.1 Å². The molecule has 2 fully saturated rings. The minimum Gasteiger partial charge on any atom is -0.497 e. The van der Waals surface area contributed by atoms with Gasteiger partial charge in [-0.15, -0.1) is 0 Å². The lowest BCUT2D eigenvalue weighted by atomic mass is 9.86. The molecule has 0 bridgehead atoms. The third-order valence-corrected chi connectivity index (χ3v) is 7.04. The van der Waals surface area contributed by atoms with Gasteiger partial charge in [0, 0.05) is 19.0 Å². The van der Waals surface area contributed by atoms with Crippen LogP contribution in [0.1, 0.15) is 44.1 Å². The number of rotatable bonds is 5. The maximum atomic E-state index is 12.9. The van der Waals surface area contributed by atoms with Gasteiger partial charge in [-0.2, -0.15) is 0 Å². The monoisotopic (exact) mass is 380 g/mol. The number of carbonyl (C=O) groups excluding carboxylic acids is 1. The molecule has 144 valence electrons. The number of methoxy groups -OCH3 is 1. The van der Waals surface area contributed by atoms with Gasteiger partial charge in [0.1, 0.15) is 5.75 Å². The number of hydrogen-bond acceptors (Lipinski definition) is 4. The fraction of sp³-hybridized carbons (Fsp3) is 0.632. The highest BCUT2D eigenvalue weighted by molar-refractivity contribution is 7.88. The molecule has 1 aliphatic carbocycles. The number of piperidine rings is 1. The molecule has 3 rings (SSSR count). The zero-order chi connectivity index (χ0) is 18.8. The van der Waals surface area contributed by atoms with Gasteiger partial charge in [0.05, 0.1) is 18.9 Å². The molecule has 0 aromatic heterocycles. The molecule has 7 heteroatoms. The van der Waals surface area contributed by atoms with E-state index in [1.165, 1.54) is 10.6 Å². The fourth-order valence-electron chi connectivity index (χ4n) is 4.17. The van der Waals surface area contributed by atoms with Gasteiger partial charge in [-0.25, -0.2) is 12.7 Å². The normalized spacial score (nSPS) is 21.5. The van der Waals surface area contributed by atoms with E-state index in [4.69, 9.17) is 4.74 Å². The summed E-state index contributed by atoms with van der Waals surface area (Å²) in [7, 11) is -1.53. The van der Waals surface area contributed by atoms with Gasteiger partial charge in [-0.3, -0.25) is 4.79 Å². The number of benzene rings is 1. The van der Waals surface area contributed by atoms with Gasteiger partial charge in [-0.1, -0.05) is 25.0 Å². The van der Waals surface area contributed by atoms with Crippen molar-refractivity contribution in [2.45, 2.75) is 44.1 Å². The standard InChI is InChI=1S/C19H28N2O4S/c1-25-17-7-5-6-16(14-17)19(10-3-4-11-19)20-18(22)15-8-12-21(13-9-15)26(2,23)24/h5-7,14-15H,3-4,8-13H2,1-2H3,(H,20,22). The first-order valence-electron chi connectivity index (χ1n) is 9.26. The molecule has 1 aliphatic heterocycles. The summed E-state index contributed by atoms with van der Waals surface area (Å²) in [6, 6.07) is 7.94. The van der Waals surface area contributed by atoms with Crippen molar-refractivity contribution in [3.05, 3.63) is 29.8 Å². The molecule has 1 saturated heterocycles. The van der Waals surface area contributed by atoms with Crippen LogP contribution in [0.5, 0.6) is 5.75 Å². The van der Waals surface area contributed by atoms with Crippen LogP contribution >= 0.6 is 0 Å². The van der Waals surface area contributed by atoms with Crippen LogP contribution in [0, 0.1) is 5.92 Å². The Morgan fingerprint density at radius 2 is 1.88 bits per heavy atom. The summed E-state index contributed by atoms with van der Waals surface area (Å²) < 4.78 is 30.1. The number of ether oxygens (including phenoxy) is 1. The minimum atomic E-state index is -3.17. The Hall–Kier alpha value is -1.60. The molecule has 1 aromatic carbocycles. The zero-order valence-electron chi connectivity index (χ0n) is 15.5.